The second kappa shape index (κ2) is 6.95. The second-order valence-electron chi connectivity index (χ2n) is 4.93. The molecule has 0 aliphatic carbocycles. The lowest BCUT2D eigenvalue weighted by molar-refractivity contribution is -0.384. The summed E-state index contributed by atoms with van der Waals surface area (Å²) in [4.78, 5) is 15.0. The van der Waals surface area contributed by atoms with Crippen molar-refractivity contribution in [2.75, 3.05) is 6.54 Å². The van der Waals surface area contributed by atoms with Gasteiger partial charge in [-0.05, 0) is 31.5 Å². The molecule has 0 unspecified atom stereocenters. The summed E-state index contributed by atoms with van der Waals surface area (Å²) in [5, 5.41) is 14.2. The fraction of sp³-hybridized carbons (Fsp3) is 0.312. The average molecular weight is 285 g/mol. The van der Waals surface area contributed by atoms with Crippen LogP contribution in [-0.4, -0.2) is 16.5 Å². The van der Waals surface area contributed by atoms with Crippen LogP contribution in [0, 0.1) is 17.0 Å². The summed E-state index contributed by atoms with van der Waals surface area (Å²) >= 11 is 0. The number of nitro benzene ring substituents is 1. The number of nitrogens with one attached hydrogen (secondary N) is 1. The summed E-state index contributed by atoms with van der Waals surface area (Å²) in [7, 11) is 0. The van der Waals surface area contributed by atoms with Crippen molar-refractivity contribution in [1.29, 1.82) is 0 Å². The van der Waals surface area contributed by atoms with E-state index < -0.39 is 0 Å². The van der Waals surface area contributed by atoms with Gasteiger partial charge >= 0.3 is 0 Å². The van der Waals surface area contributed by atoms with E-state index in [0.29, 0.717) is 0 Å². The summed E-state index contributed by atoms with van der Waals surface area (Å²) < 4.78 is 0. The third kappa shape index (κ3) is 3.86. The fourth-order valence-electron chi connectivity index (χ4n) is 2.12. The molecule has 0 saturated heterocycles. The summed E-state index contributed by atoms with van der Waals surface area (Å²) in [5.74, 6) is 0. The molecule has 110 valence electrons. The highest BCUT2D eigenvalue weighted by atomic mass is 16.6. The van der Waals surface area contributed by atoms with Crippen molar-refractivity contribution >= 4 is 5.69 Å². The van der Waals surface area contributed by atoms with Gasteiger partial charge < -0.3 is 5.32 Å². The molecule has 0 saturated carbocycles. The van der Waals surface area contributed by atoms with Crippen LogP contribution >= 0.6 is 0 Å². The molecule has 1 aromatic heterocycles. The molecule has 0 amide bonds. The van der Waals surface area contributed by atoms with Crippen molar-refractivity contribution in [3.05, 3.63) is 57.8 Å². The minimum atomic E-state index is -0.389. The SMILES string of the molecule is CCCNCc1ccc(-c2cccc([N+](=O)[O-])c2)nc1C. The zero-order valence-electron chi connectivity index (χ0n) is 12.3. The largest absolute Gasteiger partial charge is 0.313 e. The Morgan fingerprint density at radius 2 is 2.10 bits per heavy atom. The third-order valence-corrected chi connectivity index (χ3v) is 3.29. The van der Waals surface area contributed by atoms with Gasteiger partial charge in [0.05, 0.1) is 10.6 Å². The first kappa shape index (κ1) is 15.1. The van der Waals surface area contributed by atoms with Crippen LogP contribution in [0.25, 0.3) is 11.3 Å². The van der Waals surface area contributed by atoms with E-state index in [9.17, 15) is 10.1 Å². The third-order valence-electron chi connectivity index (χ3n) is 3.29. The average Bonchev–Trinajstić information content (AvgIpc) is 2.49. The van der Waals surface area contributed by atoms with Crippen molar-refractivity contribution in [2.24, 2.45) is 0 Å². The van der Waals surface area contributed by atoms with Gasteiger partial charge in [0, 0.05) is 29.9 Å². The molecular weight excluding hydrogens is 266 g/mol. The lowest BCUT2D eigenvalue weighted by Crippen LogP contribution is -2.15. The van der Waals surface area contributed by atoms with Crippen LogP contribution in [-0.2, 0) is 6.54 Å². The lowest BCUT2D eigenvalue weighted by atomic mass is 10.1. The normalized spacial score (nSPS) is 10.6. The maximum absolute atomic E-state index is 10.8. The van der Waals surface area contributed by atoms with Crippen LogP contribution in [0.15, 0.2) is 36.4 Å². The smallest absolute Gasteiger partial charge is 0.270 e. The van der Waals surface area contributed by atoms with Crippen molar-refractivity contribution in [2.45, 2.75) is 26.8 Å². The summed E-state index contributed by atoms with van der Waals surface area (Å²) in [6.07, 6.45) is 1.10. The Hall–Kier alpha value is -2.27. The quantitative estimate of drug-likeness (QED) is 0.501. The molecule has 5 nitrogen and oxygen atoms in total. The number of hydrogen-bond acceptors (Lipinski definition) is 4. The second-order valence-corrected chi connectivity index (χ2v) is 4.93. The Labute approximate surface area is 124 Å². The van der Waals surface area contributed by atoms with Gasteiger partial charge in [0.1, 0.15) is 0 Å². The highest BCUT2D eigenvalue weighted by Gasteiger charge is 2.09. The molecule has 5 heteroatoms. The number of nitrogens with zero attached hydrogens (tertiary/aromatic N) is 2. The highest BCUT2D eigenvalue weighted by Crippen LogP contribution is 2.23. The number of benzene rings is 1. The number of nitro groups is 1. The number of hydrogen-bond donors (Lipinski definition) is 1. The van der Waals surface area contributed by atoms with Crippen molar-refractivity contribution in [3.8, 4) is 11.3 Å². The molecule has 2 aromatic rings. The van der Waals surface area contributed by atoms with E-state index in [4.69, 9.17) is 0 Å². The van der Waals surface area contributed by atoms with Crippen LogP contribution < -0.4 is 5.32 Å². The van der Waals surface area contributed by atoms with Gasteiger partial charge in [-0.15, -0.1) is 0 Å². The number of non-ortho nitro benzene ring substituents is 1. The van der Waals surface area contributed by atoms with E-state index in [1.54, 1.807) is 12.1 Å². The van der Waals surface area contributed by atoms with Gasteiger partial charge in [0.15, 0.2) is 0 Å². The standard InChI is InChI=1S/C16H19N3O2/c1-3-9-17-11-14-7-8-16(18-12(14)2)13-5-4-6-15(10-13)19(20)21/h4-8,10,17H,3,9,11H2,1-2H3. The molecule has 0 aliphatic heterocycles. The number of aromatic nitrogens is 1. The van der Waals surface area contributed by atoms with Gasteiger partial charge in [-0.3, -0.25) is 15.1 Å². The van der Waals surface area contributed by atoms with Crippen molar-refractivity contribution in [3.63, 3.8) is 0 Å². The first-order chi connectivity index (χ1) is 10.1. The summed E-state index contributed by atoms with van der Waals surface area (Å²) in [6.45, 7) is 5.86. The maximum atomic E-state index is 10.8. The van der Waals surface area contributed by atoms with Gasteiger partial charge in [-0.1, -0.05) is 25.1 Å². The molecule has 0 radical (unpaired) electrons. The first-order valence-corrected chi connectivity index (χ1v) is 7.04. The van der Waals surface area contributed by atoms with E-state index in [2.05, 4.69) is 17.2 Å². The van der Waals surface area contributed by atoms with Gasteiger partial charge in [-0.2, -0.15) is 0 Å². The fourth-order valence-corrected chi connectivity index (χ4v) is 2.12. The first-order valence-electron chi connectivity index (χ1n) is 7.04. The van der Waals surface area contributed by atoms with E-state index >= 15 is 0 Å². The molecular formula is C16H19N3O2. The Kier molecular flexibility index (Phi) is 5.00. The number of rotatable bonds is 6. The van der Waals surface area contributed by atoms with E-state index in [0.717, 1.165) is 42.0 Å². The molecule has 1 heterocycles. The Bertz CT molecular complexity index is 641. The summed E-state index contributed by atoms with van der Waals surface area (Å²) in [6, 6.07) is 10.5. The molecule has 0 bridgehead atoms. The molecule has 1 N–H and O–H groups in total. The minimum Gasteiger partial charge on any atom is -0.313 e. The predicted molar refractivity (Wildman–Crippen MR) is 83.1 cm³/mol. The molecule has 0 fully saturated rings. The number of pyridine rings is 1. The van der Waals surface area contributed by atoms with Crippen LogP contribution in [0.1, 0.15) is 24.6 Å². The summed E-state index contributed by atoms with van der Waals surface area (Å²) in [5.41, 5.74) is 3.71. The minimum absolute atomic E-state index is 0.0839. The van der Waals surface area contributed by atoms with Gasteiger partial charge in [0.25, 0.3) is 5.69 Å². The Morgan fingerprint density at radius 1 is 1.29 bits per heavy atom. The topological polar surface area (TPSA) is 68.1 Å². The van der Waals surface area contributed by atoms with E-state index in [1.807, 2.05) is 25.1 Å². The number of aryl methyl sites for hydroxylation is 1. The highest BCUT2D eigenvalue weighted by molar-refractivity contribution is 5.62. The van der Waals surface area contributed by atoms with Crippen molar-refractivity contribution < 1.29 is 4.92 Å². The zero-order chi connectivity index (χ0) is 15.2. The zero-order valence-corrected chi connectivity index (χ0v) is 12.3. The van der Waals surface area contributed by atoms with Crippen LogP contribution in [0.5, 0.6) is 0 Å². The van der Waals surface area contributed by atoms with E-state index in [1.165, 1.54) is 6.07 Å². The molecule has 0 aliphatic rings. The Balaban J connectivity index is 2.23. The van der Waals surface area contributed by atoms with Crippen LogP contribution in [0.3, 0.4) is 0 Å². The maximum Gasteiger partial charge on any atom is 0.270 e. The molecule has 2 rings (SSSR count). The molecule has 0 atom stereocenters. The van der Waals surface area contributed by atoms with Crippen molar-refractivity contribution in [1.82, 2.24) is 10.3 Å². The monoisotopic (exact) mass is 285 g/mol. The van der Waals surface area contributed by atoms with Crippen LogP contribution in [0.2, 0.25) is 0 Å². The lowest BCUT2D eigenvalue weighted by Gasteiger charge is -2.09. The molecule has 0 spiro atoms. The van der Waals surface area contributed by atoms with Gasteiger partial charge in [-0.25, -0.2) is 0 Å². The molecule has 21 heavy (non-hydrogen) atoms. The predicted octanol–water partition coefficient (Wildman–Crippen LogP) is 3.46. The van der Waals surface area contributed by atoms with E-state index in [-0.39, 0.29) is 10.6 Å². The molecule has 1 aromatic carbocycles. The Morgan fingerprint density at radius 3 is 2.76 bits per heavy atom. The van der Waals surface area contributed by atoms with Gasteiger partial charge in [0.2, 0.25) is 0 Å². The van der Waals surface area contributed by atoms with Crippen LogP contribution in [0.4, 0.5) is 5.69 Å².